The van der Waals surface area contributed by atoms with Crippen molar-refractivity contribution in [2.24, 2.45) is 5.41 Å². The third-order valence-corrected chi connectivity index (χ3v) is 4.61. The van der Waals surface area contributed by atoms with Crippen molar-refractivity contribution in [3.63, 3.8) is 0 Å². The van der Waals surface area contributed by atoms with Crippen molar-refractivity contribution in [1.82, 2.24) is 0 Å². The van der Waals surface area contributed by atoms with Crippen molar-refractivity contribution in [2.45, 2.75) is 13.8 Å². The molecule has 19 heavy (non-hydrogen) atoms. The summed E-state index contributed by atoms with van der Waals surface area (Å²) in [4.78, 5) is 0. The van der Waals surface area contributed by atoms with Gasteiger partial charge in [0.2, 0.25) is 0 Å². The highest BCUT2D eigenvalue weighted by Gasteiger charge is 2.36. The highest BCUT2D eigenvalue weighted by molar-refractivity contribution is 7.54. The second kappa shape index (κ2) is 5.44. The molecule has 2 aliphatic rings. The van der Waals surface area contributed by atoms with Crippen LogP contribution in [0.4, 0.5) is 0 Å². The van der Waals surface area contributed by atoms with Gasteiger partial charge in [0.1, 0.15) is 0 Å². The van der Waals surface area contributed by atoms with Crippen molar-refractivity contribution >= 4 is 13.5 Å². The Balaban J connectivity index is 2.06. The molecule has 1 fully saturated rings. The number of hydrogen-bond acceptors (Lipinski definition) is 3. The van der Waals surface area contributed by atoms with E-state index in [2.05, 4.69) is 5.87 Å². The van der Waals surface area contributed by atoms with E-state index in [1.54, 1.807) is 6.08 Å². The summed E-state index contributed by atoms with van der Waals surface area (Å²) < 4.78 is 23.1. The monoisotopic (exact) mass is 278 g/mol. The van der Waals surface area contributed by atoms with Crippen molar-refractivity contribution in [3.8, 4) is 0 Å². The zero-order valence-electron chi connectivity index (χ0n) is 11.1. The zero-order valence-corrected chi connectivity index (χ0v) is 12.0. The first-order chi connectivity index (χ1) is 8.92. The first-order valence-electron chi connectivity index (χ1n) is 6.13. The highest BCUT2D eigenvalue weighted by atomic mass is 31.2. The van der Waals surface area contributed by atoms with Crippen LogP contribution in [0.1, 0.15) is 13.8 Å². The van der Waals surface area contributed by atoms with Crippen LogP contribution in [0.15, 0.2) is 41.5 Å². The lowest BCUT2D eigenvalue weighted by Gasteiger charge is -2.34. The van der Waals surface area contributed by atoms with Gasteiger partial charge in [-0.1, -0.05) is 38.2 Å². The fourth-order valence-electron chi connectivity index (χ4n) is 1.72. The van der Waals surface area contributed by atoms with E-state index in [1.807, 2.05) is 38.2 Å². The van der Waals surface area contributed by atoms with Crippen LogP contribution in [-0.2, 0) is 13.6 Å². The molecule has 0 radical (unpaired) electrons. The Morgan fingerprint density at radius 2 is 2.00 bits per heavy atom. The normalized spacial score (nSPS) is 23.2. The molecule has 2 rings (SSSR count). The lowest BCUT2D eigenvalue weighted by molar-refractivity contribution is 0.0424. The summed E-state index contributed by atoms with van der Waals surface area (Å²) in [5.41, 5.74) is 1.20. The minimum atomic E-state index is -3.18. The molecule has 1 heterocycles. The largest absolute Gasteiger partial charge is 0.763 e. The Kier molecular flexibility index (Phi) is 4.07. The Hall–Kier alpha value is -1.18. The summed E-state index contributed by atoms with van der Waals surface area (Å²) in [5.74, 6) is 2.06. The van der Waals surface area contributed by atoms with Gasteiger partial charge in [-0.25, -0.2) is 0 Å². The van der Waals surface area contributed by atoms with E-state index in [9.17, 15) is 4.57 Å². The summed E-state index contributed by atoms with van der Waals surface area (Å²) in [6.45, 7) is 4.75. The molecule has 0 amide bonds. The van der Waals surface area contributed by atoms with Gasteiger partial charge in [-0.3, -0.25) is 10.4 Å². The first-order valence-corrected chi connectivity index (χ1v) is 7.86. The number of nitrogens with zero attached hydrogens (tertiary/aromatic N) is 1. The van der Waals surface area contributed by atoms with Gasteiger partial charge in [-0.15, -0.1) is 0 Å². The maximum absolute atomic E-state index is 12.4. The molecule has 0 aromatic rings. The van der Waals surface area contributed by atoms with E-state index in [4.69, 9.17) is 14.5 Å². The minimum Gasteiger partial charge on any atom is -0.763 e. The van der Waals surface area contributed by atoms with E-state index in [-0.39, 0.29) is 11.6 Å². The molecule has 1 saturated heterocycles. The van der Waals surface area contributed by atoms with Crippen LogP contribution in [0.2, 0.25) is 0 Å². The molecule has 0 bridgehead atoms. The second-order valence-corrected chi connectivity index (χ2v) is 7.53. The van der Waals surface area contributed by atoms with Crippen LogP contribution in [0.5, 0.6) is 0 Å². The average molecular weight is 278 g/mol. The topological polar surface area (TPSA) is 57.8 Å². The number of rotatable bonds is 3. The van der Waals surface area contributed by atoms with Crippen LogP contribution < -0.4 is 0 Å². The van der Waals surface area contributed by atoms with Gasteiger partial charge in [-0.2, -0.15) is 0 Å². The summed E-state index contributed by atoms with van der Waals surface area (Å²) >= 11 is 0. The lowest BCUT2D eigenvalue weighted by atomic mass is 9.97. The van der Waals surface area contributed by atoms with Gasteiger partial charge in [-0.05, 0) is 17.2 Å². The van der Waals surface area contributed by atoms with Crippen molar-refractivity contribution in [3.05, 3.63) is 46.9 Å². The summed E-state index contributed by atoms with van der Waals surface area (Å²) in [6.07, 6.45) is 9.30. The average Bonchev–Trinajstić information content (AvgIpc) is 2.86. The Morgan fingerprint density at radius 1 is 1.42 bits per heavy atom. The fourth-order valence-corrected chi connectivity index (χ4v) is 3.65. The standard InChI is InChI=1S/C14H17NO3P/c1-14(2)10-17-19(16,18-11-14)9-13(8-15)7-12-5-3-4-6-12/h3-7H,9-11H2,1-2H3/q-1. The Bertz CT molecular complexity index is 523. The molecule has 102 valence electrons. The van der Waals surface area contributed by atoms with Gasteiger partial charge >= 0.3 is 7.60 Å². The highest BCUT2D eigenvalue weighted by Crippen LogP contribution is 2.54. The first kappa shape index (κ1) is 14.2. The van der Waals surface area contributed by atoms with Crippen LogP contribution in [-0.4, -0.2) is 25.2 Å². The SMILES string of the molecule is CC1(C)COP(=O)(CC(=C=[N-])C=C2C=CC=C2)OC1. The van der Waals surface area contributed by atoms with Crippen LogP contribution >= 0.6 is 7.60 Å². The summed E-state index contributed by atoms with van der Waals surface area (Å²) in [7, 11) is -3.18. The van der Waals surface area contributed by atoms with E-state index in [1.165, 1.54) is 0 Å². The minimum absolute atomic E-state index is 0.0325. The van der Waals surface area contributed by atoms with Crippen molar-refractivity contribution < 1.29 is 13.6 Å². The zero-order chi connectivity index (χ0) is 13.9. The molecular weight excluding hydrogens is 261 g/mol. The van der Waals surface area contributed by atoms with E-state index < -0.39 is 7.60 Å². The van der Waals surface area contributed by atoms with Crippen LogP contribution in [0, 0.1) is 5.41 Å². The maximum Gasteiger partial charge on any atom is 0.335 e. The van der Waals surface area contributed by atoms with E-state index in [0.29, 0.717) is 18.8 Å². The third-order valence-electron chi connectivity index (χ3n) is 2.84. The Labute approximate surface area is 113 Å². The van der Waals surface area contributed by atoms with Gasteiger partial charge < -0.3 is 14.5 Å². The van der Waals surface area contributed by atoms with Crippen LogP contribution in [0.25, 0.3) is 5.41 Å². The fraction of sp³-hybridized carbons (Fsp3) is 0.429. The second-order valence-electron chi connectivity index (χ2n) is 5.48. The molecule has 1 aliphatic heterocycles. The van der Waals surface area contributed by atoms with Gasteiger partial charge in [0.15, 0.2) is 0 Å². The van der Waals surface area contributed by atoms with Crippen molar-refractivity contribution in [2.75, 3.05) is 19.4 Å². The lowest BCUT2D eigenvalue weighted by Crippen LogP contribution is -2.30. The molecule has 0 unspecified atom stereocenters. The van der Waals surface area contributed by atoms with Crippen LogP contribution in [0.3, 0.4) is 0 Å². The van der Waals surface area contributed by atoms with Gasteiger partial charge in [0.05, 0.1) is 19.4 Å². The molecule has 5 heteroatoms. The quantitative estimate of drug-likeness (QED) is 0.586. The summed E-state index contributed by atoms with van der Waals surface area (Å²) in [5, 5.41) is 9.12. The predicted molar refractivity (Wildman–Crippen MR) is 76.4 cm³/mol. The summed E-state index contributed by atoms with van der Waals surface area (Å²) in [6, 6.07) is 0. The molecule has 0 aromatic carbocycles. The Morgan fingerprint density at radius 3 is 2.53 bits per heavy atom. The predicted octanol–water partition coefficient (Wildman–Crippen LogP) is 3.47. The molecule has 0 atom stereocenters. The molecular formula is C14H17NO3P-. The van der Waals surface area contributed by atoms with E-state index >= 15 is 0 Å². The number of hydrogen-bond donors (Lipinski definition) is 0. The molecule has 0 saturated carbocycles. The van der Waals surface area contributed by atoms with Gasteiger partial charge in [0, 0.05) is 5.41 Å². The smallest absolute Gasteiger partial charge is 0.335 e. The van der Waals surface area contributed by atoms with E-state index in [0.717, 1.165) is 5.57 Å². The number of allylic oxidation sites excluding steroid dienone is 7. The molecule has 1 aliphatic carbocycles. The molecule has 0 N–H and O–H groups in total. The maximum atomic E-state index is 12.4. The molecule has 0 aromatic heterocycles. The van der Waals surface area contributed by atoms with Crippen molar-refractivity contribution in [1.29, 1.82) is 0 Å². The molecule has 4 nitrogen and oxygen atoms in total. The van der Waals surface area contributed by atoms with Gasteiger partial charge in [0.25, 0.3) is 0 Å². The molecule has 0 spiro atoms. The third kappa shape index (κ3) is 3.89.